The van der Waals surface area contributed by atoms with Crippen LogP contribution >= 0.6 is 11.8 Å². The van der Waals surface area contributed by atoms with E-state index in [1.807, 2.05) is 61.5 Å². The first kappa shape index (κ1) is 14.7. The Hall–Kier alpha value is -2.27. The Morgan fingerprint density at radius 3 is 2.55 bits per heavy atom. The summed E-state index contributed by atoms with van der Waals surface area (Å²) in [7, 11) is 1.78. The van der Waals surface area contributed by atoms with Gasteiger partial charge in [-0.15, -0.1) is 0 Å². The summed E-state index contributed by atoms with van der Waals surface area (Å²) in [5.41, 5.74) is 2.42. The van der Waals surface area contributed by atoms with Crippen molar-refractivity contribution < 1.29 is 9.21 Å². The van der Waals surface area contributed by atoms with Crippen molar-refractivity contribution in [2.45, 2.75) is 17.4 Å². The fourth-order valence-electron chi connectivity index (χ4n) is 2.15. The SMILES string of the molecule is CC(Sc1nc2ccccc2o1)C(=O)N(C)c1ccccc1. The lowest BCUT2D eigenvalue weighted by atomic mass is 10.3. The highest BCUT2D eigenvalue weighted by Crippen LogP contribution is 2.28. The number of hydrogen-bond donors (Lipinski definition) is 0. The molecule has 112 valence electrons. The number of thioether (sulfide) groups is 1. The number of anilines is 1. The second-order valence-electron chi connectivity index (χ2n) is 4.94. The molecule has 1 heterocycles. The van der Waals surface area contributed by atoms with E-state index >= 15 is 0 Å². The van der Waals surface area contributed by atoms with Gasteiger partial charge in [0.2, 0.25) is 5.91 Å². The molecule has 1 aromatic heterocycles. The molecule has 1 atom stereocenters. The molecule has 5 heteroatoms. The van der Waals surface area contributed by atoms with E-state index in [1.165, 1.54) is 11.8 Å². The molecule has 3 aromatic rings. The van der Waals surface area contributed by atoms with Crippen LogP contribution in [-0.4, -0.2) is 23.2 Å². The highest BCUT2D eigenvalue weighted by Gasteiger charge is 2.22. The van der Waals surface area contributed by atoms with Gasteiger partial charge in [-0.05, 0) is 31.2 Å². The number of aromatic nitrogens is 1. The Labute approximate surface area is 133 Å². The summed E-state index contributed by atoms with van der Waals surface area (Å²) in [6.07, 6.45) is 0. The molecule has 1 unspecified atom stereocenters. The molecule has 2 aromatic carbocycles. The van der Waals surface area contributed by atoms with Crippen LogP contribution in [0.5, 0.6) is 0 Å². The summed E-state index contributed by atoms with van der Waals surface area (Å²) in [5.74, 6) is 0.0125. The number of para-hydroxylation sites is 3. The van der Waals surface area contributed by atoms with Crippen LogP contribution in [-0.2, 0) is 4.79 Å². The van der Waals surface area contributed by atoms with E-state index in [-0.39, 0.29) is 11.2 Å². The number of oxazole rings is 1. The van der Waals surface area contributed by atoms with Gasteiger partial charge in [-0.25, -0.2) is 4.98 Å². The minimum atomic E-state index is -0.279. The highest BCUT2D eigenvalue weighted by atomic mass is 32.2. The number of nitrogens with zero attached hydrogens (tertiary/aromatic N) is 2. The number of fused-ring (bicyclic) bond motifs is 1. The van der Waals surface area contributed by atoms with E-state index in [4.69, 9.17) is 4.42 Å². The van der Waals surface area contributed by atoms with Crippen LogP contribution in [0, 0.1) is 0 Å². The monoisotopic (exact) mass is 312 g/mol. The van der Waals surface area contributed by atoms with Crippen LogP contribution in [0.2, 0.25) is 0 Å². The summed E-state index contributed by atoms with van der Waals surface area (Å²) in [6.45, 7) is 1.86. The number of carbonyl (C=O) groups excluding carboxylic acids is 1. The van der Waals surface area contributed by atoms with Gasteiger partial charge in [0.15, 0.2) is 5.58 Å². The number of benzene rings is 2. The molecule has 0 aliphatic rings. The van der Waals surface area contributed by atoms with Gasteiger partial charge in [0.1, 0.15) is 5.52 Å². The Balaban J connectivity index is 1.73. The fraction of sp³-hybridized carbons (Fsp3) is 0.176. The molecule has 0 N–H and O–H groups in total. The molecule has 4 nitrogen and oxygen atoms in total. The lowest BCUT2D eigenvalue weighted by Gasteiger charge is -2.20. The zero-order valence-corrected chi connectivity index (χ0v) is 13.2. The molecule has 1 amide bonds. The van der Waals surface area contributed by atoms with E-state index in [1.54, 1.807) is 11.9 Å². The van der Waals surface area contributed by atoms with E-state index in [0.717, 1.165) is 16.8 Å². The molecule has 3 rings (SSSR count). The molecule has 0 bridgehead atoms. The maximum Gasteiger partial charge on any atom is 0.257 e. The van der Waals surface area contributed by atoms with Crippen LogP contribution in [0.1, 0.15) is 6.92 Å². The van der Waals surface area contributed by atoms with Crippen molar-refractivity contribution in [2.24, 2.45) is 0 Å². The molecule has 22 heavy (non-hydrogen) atoms. The molecular formula is C17H16N2O2S. The first-order valence-electron chi connectivity index (χ1n) is 7.00. The summed E-state index contributed by atoms with van der Waals surface area (Å²) in [6, 6.07) is 17.2. The van der Waals surface area contributed by atoms with Gasteiger partial charge in [0.05, 0.1) is 5.25 Å². The third-order valence-corrected chi connectivity index (χ3v) is 4.31. The molecule has 0 aliphatic heterocycles. The second kappa shape index (κ2) is 6.23. The second-order valence-corrected chi connectivity index (χ2v) is 6.23. The molecule has 0 spiro atoms. The van der Waals surface area contributed by atoms with Crippen LogP contribution in [0.3, 0.4) is 0 Å². The number of amides is 1. The van der Waals surface area contributed by atoms with Crippen molar-refractivity contribution in [1.29, 1.82) is 0 Å². The Kier molecular flexibility index (Phi) is 4.15. The number of hydrogen-bond acceptors (Lipinski definition) is 4. The molecule has 0 aliphatic carbocycles. The largest absolute Gasteiger partial charge is 0.431 e. The molecule has 0 fully saturated rings. The standard InChI is InChI=1S/C17H16N2O2S/c1-12(16(20)19(2)13-8-4-3-5-9-13)22-17-18-14-10-6-7-11-15(14)21-17/h3-12H,1-2H3. The van der Waals surface area contributed by atoms with Crippen LogP contribution < -0.4 is 4.90 Å². The fourth-order valence-corrected chi connectivity index (χ4v) is 3.00. The lowest BCUT2D eigenvalue weighted by molar-refractivity contribution is -0.117. The lowest BCUT2D eigenvalue weighted by Crippen LogP contribution is -2.33. The summed E-state index contributed by atoms with van der Waals surface area (Å²) < 4.78 is 5.66. The normalized spacial score (nSPS) is 12.3. The van der Waals surface area contributed by atoms with E-state index in [0.29, 0.717) is 5.22 Å². The Morgan fingerprint density at radius 2 is 1.82 bits per heavy atom. The number of rotatable bonds is 4. The Bertz CT molecular complexity index is 752. The minimum absolute atomic E-state index is 0.0125. The van der Waals surface area contributed by atoms with Gasteiger partial charge in [0, 0.05) is 12.7 Å². The van der Waals surface area contributed by atoms with E-state index in [2.05, 4.69) is 4.98 Å². The van der Waals surface area contributed by atoms with Crippen molar-refractivity contribution >= 4 is 34.5 Å². The van der Waals surface area contributed by atoms with Crippen molar-refractivity contribution in [3.05, 3.63) is 54.6 Å². The quantitative estimate of drug-likeness (QED) is 0.684. The Morgan fingerprint density at radius 1 is 1.14 bits per heavy atom. The minimum Gasteiger partial charge on any atom is -0.431 e. The summed E-state index contributed by atoms with van der Waals surface area (Å²) in [4.78, 5) is 18.5. The van der Waals surface area contributed by atoms with Gasteiger partial charge >= 0.3 is 0 Å². The molecule has 0 saturated carbocycles. The number of carbonyl (C=O) groups is 1. The van der Waals surface area contributed by atoms with Gasteiger partial charge in [-0.1, -0.05) is 42.1 Å². The average molecular weight is 312 g/mol. The molecule has 0 radical (unpaired) electrons. The molecular weight excluding hydrogens is 296 g/mol. The third-order valence-electron chi connectivity index (χ3n) is 3.37. The van der Waals surface area contributed by atoms with Crippen molar-refractivity contribution in [2.75, 3.05) is 11.9 Å². The van der Waals surface area contributed by atoms with E-state index in [9.17, 15) is 4.79 Å². The predicted octanol–water partition coefficient (Wildman–Crippen LogP) is 3.97. The van der Waals surface area contributed by atoms with Crippen molar-refractivity contribution in [1.82, 2.24) is 4.98 Å². The zero-order valence-electron chi connectivity index (χ0n) is 12.4. The zero-order chi connectivity index (χ0) is 15.5. The predicted molar refractivity (Wildman–Crippen MR) is 89.2 cm³/mol. The third kappa shape index (κ3) is 2.99. The van der Waals surface area contributed by atoms with Gasteiger partial charge < -0.3 is 9.32 Å². The molecule has 0 saturated heterocycles. The van der Waals surface area contributed by atoms with E-state index < -0.39 is 0 Å². The maximum absolute atomic E-state index is 12.5. The van der Waals surface area contributed by atoms with Crippen molar-refractivity contribution in [3.8, 4) is 0 Å². The average Bonchev–Trinajstić information content (AvgIpc) is 2.96. The van der Waals surface area contributed by atoms with Gasteiger partial charge in [-0.3, -0.25) is 4.79 Å². The first-order valence-corrected chi connectivity index (χ1v) is 7.88. The van der Waals surface area contributed by atoms with Crippen LogP contribution in [0.15, 0.2) is 64.2 Å². The van der Waals surface area contributed by atoms with Crippen molar-refractivity contribution in [3.63, 3.8) is 0 Å². The highest BCUT2D eigenvalue weighted by molar-refractivity contribution is 8.00. The van der Waals surface area contributed by atoms with Gasteiger partial charge in [-0.2, -0.15) is 0 Å². The summed E-state index contributed by atoms with van der Waals surface area (Å²) >= 11 is 1.33. The maximum atomic E-state index is 12.5. The topological polar surface area (TPSA) is 46.3 Å². The smallest absolute Gasteiger partial charge is 0.257 e. The summed E-state index contributed by atoms with van der Waals surface area (Å²) in [5, 5.41) is 0.238. The van der Waals surface area contributed by atoms with Gasteiger partial charge in [0.25, 0.3) is 5.22 Å². The first-order chi connectivity index (χ1) is 10.6. The van der Waals surface area contributed by atoms with Crippen LogP contribution in [0.4, 0.5) is 5.69 Å². The van der Waals surface area contributed by atoms with Crippen LogP contribution in [0.25, 0.3) is 11.1 Å².